The van der Waals surface area contributed by atoms with Gasteiger partial charge >= 0.3 is 0 Å². The standard InChI is InChI=1S/C4H12N2O3S2/c1-4(10(2)7)3-6-11(5,8)9/h4,6H,3H2,1-2H3,(H2,5,8,9). The van der Waals surface area contributed by atoms with Gasteiger partial charge in [-0.25, -0.2) is 9.86 Å². The fourth-order valence-corrected chi connectivity index (χ4v) is 1.26. The lowest BCUT2D eigenvalue weighted by Gasteiger charge is -2.06. The van der Waals surface area contributed by atoms with Crippen LogP contribution in [-0.4, -0.2) is 30.7 Å². The molecular weight excluding hydrogens is 188 g/mol. The van der Waals surface area contributed by atoms with E-state index < -0.39 is 21.0 Å². The monoisotopic (exact) mass is 200 g/mol. The van der Waals surface area contributed by atoms with Crippen LogP contribution in [0.2, 0.25) is 0 Å². The van der Waals surface area contributed by atoms with Crippen molar-refractivity contribution in [2.75, 3.05) is 12.8 Å². The molecule has 0 amide bonds. The molecule has 0 saturated heterocycles. The zero-order chi connectivity index (χ0) is 9.07. The first-order valence-corrected chi connectivity index (χ1v) is 6.09. The zero-order valence-corrected chi connectivity index (χ0v) is 8.04. The molecule has 11 heavy (non-hydrogen) atoms. The molecule has 0 aliphatic heterocycles. The Bertz CT molecular complexity index is 236. The van der Waals surface area contributed by atoms with Crippen molar-refractivity contribution in [3.05, 3.63) is 0 Å². The van der Waals surface area contributed by atoms with Gasteiger partial charge in [-0.1, -0.05) is 0 Å². The predicted molar refractivity (Wildman–Crippen MR) is 44.6 cm³/mol. The predicted octanol–water partition coefficient (Wildman–Crippen LogP) is -1.45. The number of hydrogen-bond donors (Lipinski definition) is 2. The van der Waals surface area contributed by atoms with Gasteiger partial charge in [-0.15, -0.1) is 0 Å². The molecule has 0 radical (unpaired) electrons. The number of rotatable bonds is 4. The van der Waals surface area contributed by atoms with Crippen LogP contribution in [0.3, 0.4) is 0 Å². The molecule has 0 bridgehead atoms. The molecule has 0 aromatic carbocycles. The third-order valence-electron chi connectivity index (χ3n) is 1.14. The molecule has 2 atom stereocenters. The summed E-state index contributed by atoms with van der Waals surface area (Å²) in [7, 11) is -4.66. The molecule has 0 rings (SSSR count). The topological polar surface area (TPSA) is 89.3 Å². The maximum absolute atomic E-state index is 10.7. The SMILES string of the molecule is CC(CNS(N)(=O)=O)S(C)=O. The minimum atomic E-state index is -3.64. The molecule has 0 spiro atoms. The number of hydrogen-bond acceptors (Lipinski definition) is 3. The first-order chi connectivity index (χ1) is 4.83. The lowest BCUT2D eigenvalue weighted by atomic mass is 10.5. The van der Waals surface area contributed by atoms with Gasteiger partial charge in [0.25, 0.3) is 10.2 Å². The smallest absolute Gasteiger partial charge is 0.260 e. The summed E-state index contributed by atoms with van der Waals surface area (Å²) in [6.07, 6.45) is 1.51. The van der Waals surface area contributed by atoms with Crippen molar-refractivity contribution in [3.8, 4) is 0 Å². The Morgan fingerprint density at radius 3 is 2.36 bits per heavy atom. The Hall–Kier alpha value is 0.0200. The summed E-state index contributed by atoms with van der Waals surface area (Å²) in [5.74, 6) is 0. The molecule has 0 aliphatic rings. The molecule has 0 aromatic rings. The van der Waals surface area contributed by atoms with Crippen LogP contribution < -0.4 is 9.86 Å². The quantitative estimate of drug-likeness (QED) is 0.581. The third kappa shape index (κ3) is 6.42. The van der Waals surface area contributed by atoms with Crippen LogP contribution in [0.15, 0.2) is 0 Å². The van der Waals surface area contributed by atoms with Gasteiger partial charge in [0.2, 0.25) is 0 Å². The molecule has 0 saturated carbocycles. The van der Waals surface area contributed by atoms with E-state index in [4.69, 9.17) is 0 Å². The Balaban J connectivity index is 3.82. The average molecular weight is 200 g/mol. The average Bonchev–Trinajstić information content (AvgIpc) is 1.80. The van der Waals surface area contributed by atoms with E-state index in [1.165, 1.54) is 6.26 Å². The minimum Gasteiger partial charge on any atom is -0.260 e. The molecule has 68 valence electrons. The van der Waals surface area contributed by atoms with E-state index in [1.807, 2.05) is 0 Å². The van der Waals surface area contributed by atoms with E-state index in [1.54, 1.807) is 6.92 Å². The Kier molecular flexibility index (Phi) is 4.16. The van der Waals surface area contributed by atoms with Crippen molar-refractivity contribution in [2.45, 2.75) is 12.2 Å². The summed E-state index contributed by atoms with van der Waals surface area (Å²) >= 11 is 0. The Morgan fingerprint density at radius 1 is 1.64 bits per heavy atom. The fraction of sp³-hybridized carbons (Fsp3) is 1.00. The van der Waals surface area contributed by atoms with Crippen molar-refractivity contribution in [1.29, 1.82) is 0 Å². The molecule has 0 aromatic heterocycles. The Labute approximate surface area is 69.0 Å². The Morgan fingerprint density at radius 2 is 2.09 bits per heavy atom. The van der Waals surface area contributed by atoms with Crippen LogP contribution in [0.25, 0.3) is 0 Å². The summed E-state index contributed by atoms with van der Waals surface area (Å²) in [6.45, 7) is 1.79. The molecule has 7 heteroatoms. The molecule has 0 fully saturated rings. The second kappa shape index (κ2) is 4.15. The van der Waals surface area contributed by atoms with Crippen LogP contribution in [0, 0.1) is 0 Å². The van der Waals surface area contributed by atoms with E-state index in [0.717, 1.165) is 0 Å². The minimum absolute atomic E-state index is 0.113. The van der Waals surface area contributed by atoms with Gasteiger partial charge < -0.3 is 0 Å². The van der Waals surface area contributed by atoms with Crippen molar-refractivity contribution in [2.24, 2.45) is 5.14 Å². The first kappa shape index (κ1) is 11.0. The normalized spacial score (nSPS) is 17.7. The van der Waals surface area contributed by atoms with Crippen molar-refractivity contribution in [1.82, 2.24) is 4.72 Å². The van der Waals surface area contributed by atoms with Crippen LogP contribution in [-0.2, 0) is 21.0 Å². The zero-order valence-electron chi connectivity index (χ0n) is 6.40. The van der Waals surface area contributed by atoms with Crippen molar-refractivity contribution >= 4 is 21.0 Å². The summed E-state index contributed by atoms with van der Waals surface area (Å²) in [5, 5.41) is 4.43. The molecule has 0 aliphatic carbocycles. The van der Waals surface area contributed by atoms with E-state index in [0.29, 0.717) is 0 Å². The summed E-state index contributed by atoms with van der Waals surface area (Å²) in [5.41, 5.74) is 0. The molecular formula is C4H12N2O3S2. The second-order valence-electron chi connectivity index (χ2n) is 2.20. The van der Waals surface area contributed by atoms with Crippen LogP contribution in [0.1, 0.15) is 6.92 Å². The van der Waals surface area contributed by atoms with Gasteiger partial charge in [-0.3, -0.25) is 4.21 Å². The third-order valence-corrected chi connectivity index (χ3v) is 3.01. The molecule has 3 N–H and O–H groups in total. The van der Waals surface area contributed by atoms with Gasteiger partial charge in [0, 0.05) is 28.9 Å². The highest BCUT2D eigenvalue weighted by Gasteiger charge is 2.08. The number of nitrogens with one attached hydrogen (secondary N) is 1. The lowest BCUT2D eigenvalue weighted by Crippen LogP contribution is -2.36. The maximum atomic E-state index is 10.7. The van der Waals surface area contributed by atoms with E-state index in [2.05, 4.69) is 9.86 Å². The van der Waals surface area contributed by atoms with Crippen molar-refractivity contribution < 1.29 is 12.6 Å². The molecule has 5 nitrogen and oxygen atoms in total. The van der Waals surface area contributed by atoms with Crippen LogP contribution >= 0.6 is 0 Å². The number of nitrogens with two attached hydrogens (primary N) is 1. The van der Waals surface area contributed by atoms with Crippen molar-refractivity contribution in [3.63, 3.8) is 0 Å². The highest BCUT2D eigenvalue weighted by Crippen LogP contribution is 1.89. The van der Waals surface area contributed by atoms with Gasteiger partial charge in [-0.05, 0) is 6.92 Å². The van der Waals surface area contributed by atoms with Gasteiger partial charge in [0.15, 0.2) is 0 Å². The van der Waals surface area contributed by atoms with Crippen LogP contribution in [0.4, 0.5) is 0 Å². The van der Waals surface area contributed by atoms with E-state index in [9.17, 15) is 12.6 Å². The van der Waals surface area contributed by atoms with E-state index in [-0.39, 0.29) is 11.8 Å². The van der Waals surface area contributed by atoms with Gasteiger partial charge in [-0.2, -0.15) is 8.42 Å². The second-order valence-corrected chi connectivity index (χ2v) is 5.38. The van der Waals surface area contributed by atoms with Crippen LogP contribution in [0.5, 0.6) is 0 Å². The van der Waals surface area contributed by atoms with Gasteiger partial charge in [0.1, 0.15) is 0 Å². The van der Waals surface area contributed by atoms with E-state index >= 15 is 0 Å². The highest BCUT2D eigenvalue weighted by molar-refractivity contribution is 7.87. The highest BCUT2D eigenvalue weighted by atomic mass is 32.2. The largest absolute Gasteiger partial charge is 0.274 e. The molecule has 0 heterocycles. The fourth-order valence-electron chi connectivity index (χ4n) is 0.351. The van der Waals surface area contributed by atoms with Gasteiger partial charge in [0.05, 0.1) is 0 Å². The summed E-state index contributed by atoms with van der Waals surface area (Å²) in [6, 6.07) is 0. The maximum Gasteiger partial charge on any atom is 0.274 e. The summed E-state index contributed by atoms with van der Waals surface area (Å²) < 4.78 is 33.4. The molecule has 2 unspecified atom stereocenters. The summed E-state index contributed by atoms with van der Waals surface area (Å²) in [4.78, 5) is 0. The lowest BCUT2D eigenvalue weighted by molar-refractivity contribution is 0.582. The first-order valence-electron chi connectivity index (χ1n) is 2.92.